The molecule has 0 heterocycles. The number of nitrogens with one attached hydrogen (secondary N) is 1. The summed E-state index contributed by atoms with van der Waals surface area (Å²) in [6.07, 6.45) is 0. The molecule has 2 rings (SSSR count). The number of benzene rings is 2. The number of ether oxygens (including phenoxy) is 1. The summed E-state index contributed by atoms with van der Waals surface area (Å²) in [5.74, 6) is -0.0950. The van der Waals surface area contributed by atoms with E-state index in [1.165, 1.54) is 5.56 Å². The van der Waals surface area contributed by atoms with Crippen LogP contribution in [0.5, 0.6) is 0 Å². The van der Waals surface area contributed by atoms with Crippen molar-refractivity contribution in [2.24, 2.45) is 0 Å². The third-order valence-corrected chi connectivity index (χ3v) is 2.92. The van der Waals surface area contributed by atoms with E-state index in [-0.39, 0.29) is 12.5 Å². The Hall–Kier alpha value is -2.13. The largest absolute Gasteiger partial charge is 0.367 e. The van der Waals surface area contributed by atoms with E-state index in [1.807, 2.05) is 55.5 Å². The van der Waals surface area contributed by atoms with Gasteiger partial charge in [0.1, 0.15) is 6.61 Å². The van der Waals surface area contributed by atoms with Gasteiger partial charge in [-0.2, -0.15) is 0 Å². The van der Waals surface area contributed by atoms with Crippen molar-refractivity contribution in [3.63, 3.8) is 0 Å². The van der Waals surface area contributed by atoms with E-state index in [0.29, 0.717) is 13.2 Å². The first kappa shape index (κ1) is 14.3. The highest BCUT2D eigenvalue weighted by Crippen LogP contribution is 2.03. The van der Waals surface area contributed by atoms with Crippen molar-refractivity contribution in [2.45, 2.75) is 20.1 Å². The molecule has 3 nitrogen and oxygen atoms in total. The Morgan fingerprint density at radius 2 is 1.80 bits per heavy atom. The summed E-state index contributed by atoms with van der Waals surface area (Å²) < 4.78 is 5.38. The highest BCUT2D eigenvalue weighted by atomic mass is 16.5. The Morgan fingerprint density at radius 1 is 1.05 bits per heavy atom. The van der Waals surface area contributed by atoms with Gasteiger partial charge in [-0.15, -0.1) is 0 Å². The Labute approximate surface area is 119 Å². The molecule has 0 aromatic heterocycles. The van der Waals surface area contributed by atoms with Gasteiger partial charge in [0.25, 0.3) is 0 Å². The molecular formula is C17H19NO2. The highest BCUT2D eigenvalue weighted by molar-refractivity contribution is 5.77. The first-order chi connectivity index (χ1) is 9.74. The smallest absolute Gasteiger partial charge is 0.246 e. The quantitative estimate of drug-likeness (QED) is 0.875. The van der Waals surface area contributed by atoms with E-state index in [1.54, 1.807) is 0 Å². The average Bonchev–Trinajstić information content (AvgIpc) is 2.46. The summed E-state index contributed by atoms with van der Waals surface area (Å²) >= 11 is 0. The van der Waals surface area contributed by atoms with Crippen LogP contribution in [0.2, 0.25) is 0 Å². The zero-order valence-electron chi connectivity index (χ0n) is 11.6. The lowest BCUT2D eigenvalue weighted by molar-refractivity contribution is -0.126. The van der Waals surface area contributed by atoms with Gasteiger partial charge >= 0.3 is 0 Å². The average molecular weight is 269 g/mol. The molecule has 20 heavy (non-hydrogen) atoms. The maximum atomic E-state index is 11.7. The monoisotopic (exact) mass is 269 g/mol. The maximum Gasteiger partial charge on any atom is 0.246 e. The number of carbonyl (C=O) groups excluding carboxylic acids is 1. The van der Waals surface area contributed by atoms with E-state index in [9.17, 15) is 4.79 Å². The van der Waals surface area contributed by atoms with Gasteiger partial charge in [0.05, 0.1) is 6.61 Å². The SMILES string of the molecule is Cc1cccc(CNC(=O)COCc2ccccc2)c1. The third kappa shape index (κ3) is 4.86. The lowest BCUT2D eigenvalue weighted by atomic mass is 10.1. The Balaban J connectivity index is 1.68. The maximum absolute atomic E-state index is 11.7. The summed E-state index contributed by atoms with van der Waals surface area (Å²) in [6, 6.07) is 17.9. The van der Waals surface area contributed by atoms with Crippen LogP contribution in [0, 0.1) is 6.92 Å². The van der Waals surface area contributed by atoms with E-state index in [2.05, 4.69) is 11.4 Å². The van der Waals surface area contributed by atoms with Gasteiger partial charge in [0, 0.05) is 6.54 Å². The zero-order valence-corrected chi connectivity index (χ0v) is 11.6. The fourth-order valence-electron chi connectivity index (χ4n) is 1.91. The Morgan fingerprint density at radius 3 is 2.55 bits per heavy atom. The number of hydrogen-bond donors (Lipinski definition) is 1. The van der Waals surface area contributed by atoms with E-state index in [0.717, 1.165) is 11.1 Å². The standard InChI is InChI=1S/C17H19NO2/c1-14-6-5-9-16(10-14)11-18-17(19)13-20-12-15-7-3-2-4-8-15/h2-10H,11-13H2,1H3,(H,18,19). The molecule has 0 unspecified atom stereocenters. The summed E-state index contributed by atoms with van der Waals surface area (Å²) in [5, 5.41) is 2.85. The first-order valence-electron chi connectivity index (χ1n) is 6.68. The molecule has 0 aliphatic heterocycles. The van der Waals surface area contributed by atoms with Gasteiger partial charge < -0.3 is 10.1 Å². The molecule has 2 aromatic rings. The van der Waals surface area contributed by atoms with Crippen LogP contribution in [0.4, 0.5) is 0 Å². The molecule has 0 atom stereocenters. The molecule has 0 aliphatic carbocycles. The van der Waals surface area contributed by atoms with E-state index >= 15 is 0 Å². The molecule has 0 bridgehead atoms. The zero-order chi connectivity index (χ0) is 14.2. The molecule has 0 radical (unpaired) electrons. The van der Waals surface area contributed by atoms with Crippen LogP contribution in [0.1, 0.15) is 16.7 Å². The second-order valence-electron chi connectivity index (χ2n) is 4.74. The van der Waals surface area contributed by atoms with Crippen LogP contribution < -0.4 is 5.32 Å². The van der Waals surface area contributed by atoms with Crippen molar-refractivity contribution in [1.82, 2.24) is 5.32 Å². The minimum Gasteiger partial charge on any atom is -0.367 e. The van der Waals surface area contributed by atoms with Gasteiger partial charge in [-0.05, 0) is 18.1 Å². The van der Waals surface area contributed by atoms with Crippen LogP contribution in [0.25, 0.3) is 0 Å². The van der Waals surface area contributed by atoms with Gasteiger partial charge in [0.2, 0.25) is 5.91 Å². The predicted molar refractivity (Wildman–Crippen MR) is 79.1 cm³/mol. The third-order valence-electron chi connectivity index (χ3n) is 2.92. The second kappa shape index (κ2) is 7.46. The lowest BCUT2D eigenvalue weighted by Crippen LogP contribution is -2.27. The van der Waals surface area contributed by atoms with Crippen molar-refractivity contribution >= 4 is 5.91 Å². The normalized spacial score (nSPS) is 10.2. The highest BCUT2D eigenvalue weighted by Gasteiger charge is 2.02. The van der Waals surface area contributed by atoms with Crippen molar-refractivity contribution in [3.05, 3.63) is 71.3 Å². The van der Waals surface area contributed by atoms with Crippen molar-refractivity contribution in [3.8, 4) is 0 Å². The fraction of sp³-hybridized carbons (Fsp3) is 0.235. The van der Waals surface area contributed by atoms with Gasteiger partial charge in [0.15, 0.2) is 0 Å². The van der Waals surface area contributed by atoms with Crippen LogP contribution in [0.15, 0.2) is 54.6 Å². The van der Waals surface area contributed by atoms with E-state index < -0.39 is 0 Å². The first-order valence-corrected chi connectivity index (χ1v) is 6.68. The Kier molecular flexibility index (Phi) is 5.33. The van der Waals surface area contributed by atoms with Crippen molar-refractivity contribution in [2.75, 3.05) is 6.61 Å². The number of aryl methyl sites for hydroxylation is 1. The summed E-state index contributed by atoms with van der Waals surface area (Å²) in [6.45, 7) is 3.11. The molecule has 104 valence electrons. The van der Waals surface area contributed by atoms with Gasteiger partial charge in [-0.25, -0.2) is 0 Å². The van der Waals surface area contributed by atoms with Crippen molar-refractivity contribution < 1.29 is 9.53 Å². The molecule has 0 aliphatic rings. The molecule has 1 amide bonds. The minimum atomic E-state index is -0.0950. The summed E-state index contributed by atoms with van der Waals surface area (Å²) in [4.78, 5) is 11.7. The molecule has 0 spiro atoms. The molecule has 2 aromatic carbocycles. The van der Waals surface area contributed by atoms with Crippen molar-refractivity contribution in [1.29, 1.82) is 0 Å². The van der Waals surface area contributed by atoms with Crippen LogP contribution in [0.3, 0.4) is 0 Å². The van der Waals surface area contributed by atoms with Crippen LogP contribution >= 0.6 is 0 Å². The number of carbonyl (C=O) groups is 1. The van der Waals surface area contributed by atoms with Crippen LogP contribution in [-0.2, 0) is 22.7 Å². The van der Waals surface area contributed by atoms with Gasteiger partial charge in [-0.1, -0.05) is 60.2 Å². The molecule has 0 saturated heterocycles. The molecule has 0 fully saturated rings. The number of amides is 1. The molecule has 1 N–H and O–H groups in total. The number of rotatable bonds is 6. The predicted octanol–water partition coefficient (Wildman–Crippen LogP) is 2.83. The van der Waals surface area contributed by atoms with Gasteiger partial charge in [-0.3, -0.25) is 4.79 Å². The minimum absolute atomic E-state index is 0.0840. The topological polar surface area (TPSA) is 38.3 Å². The molecule has 3 heteroatoms. The molecular weight excluding hydrogens is 250 g/mol. The number of hydrogen-bond acceptors (Lipinski definition) is 2. The Bertz CT molecular complexity index is 552. The molecule has 0 saturated carbocycles. The lowest BCUT2D eigenvalue weighted by Gasteiger charge is -2.07. The summed E-state index contributed by atoms with van der Waals surface area (Å²) in [5.41, 5.74) is 3.36. The second-order valence-corrected chi connectivity index (χ2v) is 4.74. The van der Waals surface area contributed by atoms with E-state index in [4.69, 9.17) is 4.74 Å². The summed E-state index contributed by atoms with van der Waals surface area (Å²) in [7, 11) is 0. The van der Waals surface area contributed by atoms with Crippen LogP contribution in [-0.4, -0.2) is 12.5 Å². The fourth-order valence-corrected chi connectivity index (χ4v) is 1.91.